The van der Waals surface area contributed by atoms with Gasteiger partial charge in [0.25, 0.3) is 11.6 Å². The number of Topliss-reactive ketones (excluding diaryl/α,β-unsaturated/α-hetero) is 1. The number of nitrogens with zero attached hydrogens (tertiary/aromatic N) is 1. The fourth-order valence-electron chi connectivity index (χ4n) is 2.69. The van der Waals surface area contributed by atoms with Crippen LogP contribution in [0.15, 0.2) is 66.7 Å². The maximum absolute atomic E-state index is 13.0. The number of non-ortho nitro benzene ring substituents is 1. The van der Waals surface area contributed by atoms with Gasteiger partial charge in [0.05, 0.1) is 26.8 Å². The molecule has 0 aromatic heterocycles. The number of ether oxygens (including phenoxy) is 1. The topological polar surface area (TPSA) is 116 Å². The maximum atomic E-state index is 13.0. The number of para-hydroxylation sites is 1. The monoisotopic (exact) mass is 456 g/mol. The third-order valence-corrected chi connectivity index (χ3v) is 4.62. The number of benzene rings is 3. The van der Waals surface area contributed by atoms with Gasteiger partial charge in [-0.15, -0.1) is 0 Å². The molecule has 0 heterocycles. The molecule has 0 unspecified atom stereocenters. The molecule has 162 valence electrons. The van der Waals surface area contributed by atoms with E-state index in [1.54, 1.807) is 6.07 Å². The van der Waals surface area contributed by atoms with Crippen LogP contribution in [0.5, 0.6) is 0 Å². The summed E-state index contributed by atoms with van der Waals surface area (Å²) in [4.78, 5) is 47.3. The van der Waals surface area contributed by atoms with Crippen molar-refractivity contribution in [2.75, 3.05) is 11.9 Å². The number of rotatable bonds is 7. The van der Waals surface area contributed by atoms with Gasteiger partial charge in [0.15, 0.2) is 12.4 Å². The summed E-state index contributed by atoms with van der Waals surface area (Å²) < 4.78 is 18.0. The van der Waals surface area contributed by atoms with Crippen molar-refractivity contribution < 1.29 is 28.4 Å². The largest absolute Gasteiger partial charge is 0.454 e. The molecule has 3 aromatic rings. The van der Waals surface area contributed by atoms with Crippen LogP contribution < -0.4 is 5.32 Å². The van der Waals surface area contributed by atoms with Crippen molar-refractivity contribution in [2.45, 2.75) is 0 Å². The van der Waals surface area contributed by atoms with Gasteiger partial charge in [-0.05, 0) is 42.5 Å². The van der Waals surface area contributed by atoms with Gasteiger partial charge in [-0.3, -0.25) is 19.7 Å². The Hall–Kier alpha value is -4.11. The van der Waals surface area contributed by atoms with Crippen molar-refractivity contribution in [2.24, 2.45) is 0 Å². The van der Waals surface area contributed by atoms with Crippen molar-refractivity contribution in [1.82, 2.24) is 0 Å². The molecule has 0 saturated heterocycles. The van der Waals surface area contributed by atoms with Gasteiger partial charge in [0.2, 0.25) is 0 Å². The minimum atomic E-state index is -0.869. The molecular formula is C22H14ClFN2O6. The van der Waals surface area contributed by atoms with E-state index < -0.39 is 35.0 Å². The van der Waals surface area contributed by atoms with E-state index >= 15 is 0 Å². The highest BCUT2D eigenvalue weighted by molar-refractivity contribution is 6.34. The van der Waals surface area contributed by atoms with Crippen LogP contribution in [0.1, 0.15) is 31.1 Å². The fraction of sp³-hybridized carbons (Fsp3) is 0.0455. The lowest BCUT2D eigenvalue weighted by Gasteiger charge is -2.11. The van der Waals surface area contributed by atoms with Crippen LogP contribution in [0.3, 0.4) is 0 Å². The Bertz CT molecular complexity index is 1210. The van der Waals surface area contributed by atoms with Crippen molar-refractivity contribution >= 4 is 40.6 Å². The molecule has 0 aliphatic rings. The lowest BCUT2D eigenvalue weighted by Crippen LogP contribution is -2.18. The molecule has 32 heavy (non-hydrogen) atoms. The van der Waals surface area contributed by atoms with E-state index in [1.165, 1.54) is 36.4 Å². The number of anilines is 1. The first-order valence-electron chi connectivity index (χ1n) is 9.06. The quantitative estimate of drug-likeness (QED) is 0.239. The van der Waals surface area contributed by atoms with E-state index in [2.05, 4.69) is 5.32 Å². The number of nitro benzene ring substituents is 1. The first-order valence-corrected chi connectivity index (χ1v) is 9.44. The molecule has 8 nitrogen and oxygen atoms in total. The number of hydrogen-bond donors (Lipinski definition) is 1. The summed E-state index contributed by atoms with van der Waals surface area (Å²) >= 11 is 5.97. The second-order valence-electron chi connectivity index (χ2n) is 6.43. The normalized spacial score (nSPS) is 10.3. The summed E-state index contributed by atoms with van der Waals surface area (Å²) in [5.41, 5.74) is -0.0705. The molecule has 0 atom stereocenters. The predicted octanol–water partition coefficient (Wildman–Crippen LogP) is 4.68. The first kappa shape index (κ1) is 22.6. The average molecular weight is 457 g/mol. The molecule has 0 aliphatic carbocycles. The maximum Gasteiger partial charge on any atom is 0.340 e. The van der Waals surface area contributed by atoms with E-state index in [0.29, 0.717) is 0 Å². The number of carbonyl (C=O) groups is 3. The molecule has 0 spiro atoms. The molecule has 3 aromatic carbocycles. The van der Waals surface area contributed by atoms with Crippen molar-refractivity contribution in [1.29, 1.82) is 0 Å². The molecule has 10 heteroatoms. The van der Waals surface area contributed by atoms with Gasteiger partial charge < -0.3 is 10.1 Å². The van der Waals surface area contributed by atoms with E-state index in [-0.39, 0.29) is 33.1 Å². The zero-order valence-electron chi connectivity index (χ0n) is 16.2. The summed E-state index contributed by atoms with van der Waals surface area (Å²) in [6, 6.07) is 14.1. The van der Waals surface area contributed by atoms with Crippen molar-refractivity contribution in [3.8, 4) is 0 Å². The lowest BCUT2D eigenvalue weighted by molar-refractivity contribution is -0.384. The summed E-state index contributed by atoms with van der Waals surface area (Å²) in [7, 11) is 0. The Morgan fingerprint density at radius 1 is 1.00 bits per heavy atom. The zero-order valence-corrected chi connectivity index (χ0v) is 17.0. The molecule has 0 saturated carbocycles. The highest BCUT2D eigenvalue weighted by Gasteiger charge is 2.19. The van der Waals surface area contributed by atoms with Crippen LogP contribution >= 0.6 is 11.6 Å². The smallest absolute Gasteiger partial charge is 0.340 e. The highest BCUT2D eigenvalue weighted by Crippen LogP contribution is 2.24. The van der Waals surface area contributed by atoms with E-state index in [9.17, 15) is 28.9 Å². The third kappa shape index (κ3) is 5.32. The average Bonchev–Trinajstić information content (AvgIpc) is 2.77. The van der Waals surface area contributed by atoms with Crippen molar-refractivity contribution in [3.05, 3.63) is 104 Å². The van der Waals surface area contributed by atoms with Gasteiger partial charge >= 0.3 is 5.97 Å². The Kier molecular flexibility index (Phi) is 6.91. The van der Waals surface area contributed by atoms with E-state index in [1.807, 2.05) is 0 Å². The van der Waals surface area contributed by atoms with Crippen molar-refractivity contribution in [3.63, 3.8) is 0 Å². The van der Waals surface area contributed by atoms with Crippen LogP contribution in [0, 0.1) is 15.9 Å². The summed E-state index contributed by atoms with van der Waals surface area (Å²) in [6.45, 7) is -0.582. The van der Waals surface area contributed by atoms with Crippen LogP contribution in [0.4, 0.5) is 15.8 Å². The number of amides is 1. The van der Waals surface area contributed by atoms with E-state index in [4.69, 9.17) is 16.3 Å². The number of esters is 1. The Morgan fingerprint density at radius 3 is 2.34 bits per heavy atom. The second kappa shape index (κ2) is 9.80. The third-order valence-electron chi connectivity index (χ3n) is 4.30. The predicted molar refractivity (Wildman–Crippen MR) is 114 cm³/mol. The summed E-state index contributed by atoms with van der Waals surface area (Å²) in [5, 5.41) is 13.2. The highest BCUT2D eigenvalue weighted by atomic mass is 35.5. The Labute approximate surface area is 185 Å². The van der Waals surface area contributed by atoms with Gasteiger partial charge in [0, 0.05) is 17.7 Å². The number of nitrogens with one attached hydrogen (secondary N) is 1. The van der Waals surface area contributed by atoms with Gasteiger partial charge in [-0.25, -0.2) is 9.18 Å². The molecule has 1 N–H and O–H groups in total. The summed E-state index contributed by atoms with van der Waals surface area (Å²) in [6.07, 6.45) is 0. The van der Waals surface area contributed by atoms with E-state index in [0.717, 1.165) is 24.3 Å². The summed E-state index contributed by atoms with van der Waals surface area (Å²) in [5.74, 6) is -2.60. The number of halogens is 2. The van der Waals surface area contributed by atoms with Gasteiger partial charge in [-0.1, -0.05) is 23.7 Å². The zero-order chi connectivity index (χ0) is 23.3. The van der Waals surface area contributed by atoms with Crippen LogP contribution in [0.2, 0.25) is 5.02 Å². The second-order valence-corrected chi connectivity index (χ2v) is 6.83. The number of hydrogen-bond acceptors (Lipinski definition) is 6. The number of ketones is 1. The number of carbonyl (C=O) groups excluding carboxylic acids is 3. The fourth-order valence-corrected chi connectivity index (χ4v) is 2.95. The molecule has 3 rings (SSSR count). The first-order chi connectivity index (χ1) is 15.3. The SMILES string of the molecule is O=C(COC(=O)c1ccccc1NC(=O)c1ccc([N+](=O)[O-])cc1Cl)c1ccc(F)cc1. The molecule has 0 aliphatic heterocycles. The van der Waals surface area contributed by atoms with Crippen LogP contribution in [-0.2, 0) is 4.74 Å². The standard InChI is InChI=1S/C22H14ClFN2O6/c23-18-11-15(26(30)31)9-10-16(18)21(28)25-19-4-2-1-3-17(19)22(29)32-12-20(27)13-5-7-14(24)8-6-13/h1-11H,12H2,(H,25,28). The number of nitro groups is 1. The molecule has 1 amide bonds. The molecule has 0 fully saturated rings. The van der Waals surface area contributed by atoms with Gasteiger partial charge in [0.1, 0.15) is 5.82 Å². The van der Waals surface area contributed by atoms with Crippen LogP contribution in [-0.4, -0.2) is 29.2 Å². The van der Waals surface area contributed by atoms with Gasteiger partial charge in [-0.2, -0.15) is 0 Å². The lowest BCUT2D eigenvalue weighted by atomic mass is 10.1. The minimum Gasteiger partial charge on any atom is -0.454 e. The Balaban J connectivity index is 1.72. The molecular weight excluding hydrogens is 443 g/mol. The Morgan fingerprint density at radius 2 is 1.69 bits per heavy atom. The molecule has 0 bridgehead atoms. The molecule has 0 radical (unpaired) electrons. The minimum absolute atomic E-state index is 0.0224. The van der Waals surface area contributed by atoms with Crippen LogP contribution in [0.25, 0.3) is 0 Å².